The van der Waals surface area contributed by atoms with Crippen LogP contribution in [-0.4, -0.2) is 25.3 Å². The SMILES string of the molecule is C=Cc1cccc(-c2cc(COCCOC)cc(-c3cccc(C=C)c3)n2)c1. The number of methoxy groups -OCH3 is 1. The van der Waals surface area contributed by atoms with Crippen LogP contribution in [0.4, 0.5) is 0 Å². The van der Waals surface area contributed by atoms with Crippen LogP contribution in [0.1, 0.15) is 16.7 Å². The Labute approximate surface area is 167 Å². The molecule has 0 N–H and O–H groups in total. The van der Waals surface area contributed by atoms with Crippen molar-refractivity contribution in [1.82, 2.24) is 4.98 Å². The van der Waals surface area contributed by atoms with Crippen molar-refractivity contribution in [1.29, 1.82) is 0 Å². The number of nitrogens with zero attached hydrogens (tertiary/aromatic N) is 1. The molecule has 2 aromatic carbocycles. The zero-order chi connectivity index (χ0) is 19.8. The van der Waals surface area contributed by atoms with Crippen LogP contribution in [0.15, 0.2) is 73.8 Å². The molecule has 0 fully saturated rings. The van der Waals surface area contributed by atoms with Gasteiger partial charge in [-0.05, 0) is 41.0 Å². The first kappa shape index (κ1) is 19.7. The summed E-state index contributed by atoms with van der Waals surface area (Å²) in [6.07, 6.45) is 3.69. The van der Waals surface area contributed by atoms with Gasteiger partial charge in [0.1, 0.15) is 0 Å². The Morgan fingerprint density at radius 2 is 1.39 bits per heavy atom. The molecule has 0 aliphatic carbocycles. The second-order valence-electron chi connectivity index (χ2n) is 6.45. The van der Waals surface area contributed by atoms with E-state index in [-0.39, 0.29) is 0 Å². The highest BCUT2D eigenvalue weighted by atomic mass is 16.5. The lowest BCUT2D eigenvalue weighted by Gasteiger charge is -2.11. The van der Waals surface area contributed by atoms with Gasteiger partial charge in [-0.15, -0.1) is 0 Å². The Balaban J connectivity index is 2.02. The standard InChI is InChI=1S/C25H25NO2/c1-4-19-8-6-10-22(14-19)24-16-21(18-28-13-12-27-3)17-25(26-24)23-11-7-9-20(5-2)15-23/h4-11,14-17H,1-2,12-13,18H2,3H3. The van der Waals surface area contributed by atoms with Crippen LogP contribution in [0.5, 0.6) is 0 Å². The van der Waals surface area contributed by atoms with Crippen LogP contribution in [-0.2, 0) is 16.1 Å². The topological polar surface area (TPSA) is 31.4 Å². The predicted molar refractivity (Wildman–Crippen MR) is 117 cm³/mol. The van der Waals surface area contributed by atoms with Crippen molar-refractivity contribution in [2.24, 2.45) is 0 Å². The van der Waals surface area contributed by atoms with Crippen molar-refractivity contribution in [3.63, 3.8) is 0 Å². The molecule has 0 saturated heterocycles. The first-order chi connectivity index (χ1) is 13.7. The molecule has 28 heavy (non-hydrogen) atoms. The number of pyridine rings is 1. The molecule has 0 bridgehead atoms. The van der Waals surface area contributed by atoms with Gasteiger partial charge < -0.3 is 9.47 Å². The lowest BCUT2D eigenvalue weighted by molar-refractivity contribution is 0.0617. The lowest BCUT2D eigenvalue weighted by Crippen LogP contribution is -2.02. The van der Waals surface area contributed by atoms with E-state index in [2.05, 4.69) is 49.6 Å². The molecule has 3 nitrogen and oxygen atoms in total. The van der Waals surface area contributed by atoms with Gasteiger partial charge in [0.05, 0.1) is 31.2 Å². The third kappa shape index (κ3) is 5.03. The fraction of sp³-hybridized carbons (Fsp3) is 0.160. The van der Waals surface area contributed by atoms with E-state index < -0.39 is 0 Å². The van der Waals surface area contributed by atoms with Gasteiger partial charge in [0.15, 0.2) is 0 Å². The molecule has 0 saturated carbocycles. The minimum atomic E-state index is 0.508. The van der Waals surface area contributed by atoms with Gasteiger partial charge in [-0.1, -0.05) is 61.7 Å². The molecule has 1 aromatic heterocycles. The highest BCUT2D eigenvalue weighted by Gasteiger charge is 2.08. The summed E-state index contributed by atoms with van der Waals surface area (Å²) in [7, 11) is 1.67. The average molecular weight is 371 g/mol. The molecule has 142 valence electrons. The van der Waals surface area contributed by atoms with E-state index in [1.165, 1.54) is 0 Å². The summed E-state index contributed by atoms with van der Waals surface area (Å²) in [6.45, 7) is 9.37. The molecule has 3 heteroatoms. The molecule has 0 aliphatic heterocycles. The summed E-state index contributed by atoms with van der Waals surface area (Å²) < 4.78 is 10.8. The van der Waals surface area contributed by atoms with E-state index in [0.717, 1.165) is 39.2 Å². The summed E-state index contributed by atoms with van der Waals surface area (Å²) in [5, 5.41) is 0. The molecule has 3 rings (SSSR count). The molecular formula is C25H25NO2. The van der Waals surface area contributed by atoms with E-state index in [4.69, 9.17) is 14.5 Å². The number of hydrogen-bond acceptors (Lipinski definition) is 3. The van der Waals surface area contributed by atoms with E-state index in [9.17, 15) is 0 Å². The van der Waals surface area contributed by atoms with E-state index >= 15 is 0 Å². The highest BCUT2D eigenvalue weighted by molar-refractivity contribution is 5.70. The fourth-order valence-electron chi connectivity index (χ4n) is 2.95. The van der Waals surface area contributed by atoms with Crippen LogP contribution >= 0.6 is 0 Å². The van der Waals surface area contributed by atoms with Gasteiger partial charge in [0.25, 0.3) is 0 Å². The molecule has 0 unspecified atom stereocenters. The van der Waals surface area contributed by atoms with Gasteiger partial charge >= 0.3 is 0 Å². The summed E-state index contributed by atoms with van der Waals surface area (Å²) in [5.74, 6) is 0. The largest absolute Gasteiger partial charge is 0.382 e. The summed E-state index contributed by atoms with van der Waals surface area (Å²) >= 11 is 0. The zero-order valence-electron chi connectivity index (χ0n) is 16.2. The number of hydrogen-bond donors (Lipinski definition) is 0. The van der Waals surface area contributed by atoms with Crippen molar-refractivity contribution < 1.29 is 9.47 Å². The number of ether oxygens (including phenoxy) is 2. The van der Waals surface area contributed by atoms with Crippen molar-refractivity contribution in [2.45, 2.75) is 6.61 Å². The minimum Gasteiger partial charge on any atom is -0.382 e. The van der Waals surface area contributed by atoms with Crippen molar-refractivity contribution >= 4 is 12.2 Å². The Morgan fingerprint density at radius 3 is 1.89 bits per heavy atom. The van der Waals surface area contributed by atoms with Crippen molar-refractivity contribution in [3.05, 3.63) is 90.5 Å². The van der Waals surface area contributed by atoms with Gasteiger partial charge in [0.2, 0.25) is 0 Å². The van der Waals surface area contributed by atoms with Gasteiger partial charge in [-0.2, -0.15) is 0 Å². The average Bonchev–Trinajstić information content (AvgIpc) is 2.76. The van der Waals surface area contributed by atoms with Gasteiger partial charge in [-0.3, -0.25) is 0 Å². The fourth-order valence-corrected chi connectivity index (χ4v) is 2.95. The first-order valence-electron chi connectivity index (χ1n) is 9.27. The molecule has 0 spiro atoms. The first-order valence-corrected chi connectivity index (χ1v) is 9.27. The second-order valence-corrected chi connectivity index (χ2v) is 6.45. The Morgan fingerprint density at radius 1 is 0.821 bits per heavy atom. The summed E-state index contributed by atoms with van der Waals surface area (Å²) in [6, 6.07) is 20.6. The lowest BCUT2D eigenvalue weighted by atomic mass is 10.0. The smallest absolute Gasteiger partial charge is 0.0719 e. The summed E-state index contributed by atoms with van der Waals surface area (Å²) in [5.41, 5.74) is 7.14. The maximum Gasteiger partial charge on any atom is 0.0719 e. The van der Waals surface area contributed by atoms with Gasteiger partial charge in [-0.25, -0.2) is 4.98 Å². The molecule has 0 atom stereocenters. The van der Waals surface area contributed by atoms with E-state index in [1.54, 1.807) is 7.11 Å². The number of benzene rings is 2. The maximum atomic E-state index is 5.75. The normalized spacial score (nSPS) is 10.6. The minimum absolute atomic E-state index is 0.508. The molecular weight excluding hydrogens is 346 g/mol. The van der Waals surface area contributed by atoms with E-state index in [0.29, 0.717) is 19.8 Å². The van der Waals surface area contributed by atoms with Gasteiger partial charge in [0, 0.05) is 18.2 Å². The monoisotopic (exact) mass is 371 g/mol. The maximum absolute atomic E-state index is 5.75. The van der Waals surface area contributed by atoms with Crippen LogP contribution < -0.4 is 0 Å². The Hall–Kier alpha value is -3.01. The number of rotatable bonds is 9. The highest BCUT2D eigenvalue weighted by Crippen LogP contribution is 2.27. The summed E-state index contributed by atoms with van der Waals surface area (Å²) in [4.78, 5) is 4.92. The van der Waals surface area contributed by atoms with Crippen LogP contribution in [0, 0.1) is 0 Å². The zero-order valence-corrected chi connectivity index (χ0v) is 16.2. The molecule has 0 aliphatic rings. The quantitative estimate of drug-likeness (QED) is 0.441. The molecule has 0 radical (unpaired) electrons. The predicted octanol–water partition coefficient (Wildman–Crippen LogP) is 5.86. The molecule has 3 aromatic rings. The number of aromatic nitrogens is 1. The van der Waals surface area contributed by atoms with Crippen LogP contribution in [0.3, 0.4) is 0 Å². The third-order valence-corrected chi connectivity index (χ3v) is 4.42. The van der Waals surface area contributed by atoms with Crippen LogP contribution in [0.25, 0.3) is 34.7 Å². The Kier molecular flexibility index (Phi) is 6.90. The van der Waals surface area contributed by atoms with Crippen molar-refractivity contribution in [2.75, 3.05) is 20.3 Å². The van der Waals surface area contributed by atoms with Crippen molar-refractivity contribution in [3.8, 4) is 22.5 Å². The Bertz CT molecular complexity index is 893. The van der Waals surface area contributed by atoms with E-state index in [1.807, 2.05) is 36.4 Å². The van der Waals surface area contributed by atoms with Crippen LogP contribution in [0.2, 0.25) is 0 Å². The molecule has 1 heterocycles. The third-order valence-electron chi connectivity index (χ3n) is 4.42. The second kappa shape index (κ2) is 9.79. The molecule has 0 amide bonds.